The molecular formula is C23H35N5O2S. The summed E-state index contributed by atoms with van der Waals surface area (Å²) >= 11 is 1.82. The Balaban J connectivity index is 1.41. The fourth-order valence-electron chi connectivity index (χ4n) is 3.83. The van der Waals surface area contributed by atoms with Gasteiger partial charge in [0, 0.05) is 37.1 Å². The van der Waals surface area contributed by atoms with Gasteiger partial charge in [-0.15, -0.1) is 11.3 Å². The fourth-order valence-corrected chi connectivity index (χ4v) is 4.69. The lowest BCUT2D eigenvalue weighted by Crippen LogP contribution is -2.45. The molecule has 0 saturated carbocycles. The van der Waals surface area contributed by atoms with Crippen LogP contribution >= 0.6 is 11.3 Å². The van der Waals surface area contributed by atoms with Crippen LogP contribution in [0.25, 0.3) is 0 Å². The van der Waals surface area contributed by atoms with Crippen molar-refractivity contribution in [2.45, 2.75) is 39.2 Å². The maximum atomic E-state index is 12.1. The molecule has 2 aromatic rings. The van der Waals surface area contributed by atoms with Crippen LogP contribution in [-0.4, -0.2) is 56.5 Å². The number of carbonyl (C=O) groups excluding carboxylic acids is 1. The second kappa shape index (κ2) is 11.9. The number of thiophene rings is 1. The molecule has 1 saturated heterocycles. The van der Waals surface area contributed by atoms with Crippen molar-refractivity contribution in [3.8, 4) is 0 Å². The van der Waals surface area contributed by atoms with Crippen molar-refractivity contribution in [1.82, 2.24) is 20.9 Å². The summed E-state index contributed by atoms with van der Waals surface area (Å²) in [4.78, 5) is 20.4. The van der Waals surface area contributed by atoms with E-state index in [1.54, 1.807) is 13.1 Å². The molecule has 3 rings (SSSR count). The standard InChI is InChI=1S/C23H35N5O2S/c1-17-7-12-28(13-8-17)19(20-6-4-15-31-20)16-27-23(24-3)26-11-5-10-25-22(29)21-18(2)9-14-30-21/h4,6,9,14-15,17,19H,5,7-8,10-13,16H2,1-3H3,(H,25,29)(H2,24,26,27). The first kappa shape index (κ1) is 23.3. The Morgan fingerprint density at radius 3 is 2.68 bits per heavy atom. The number of amides is 1. The summed E-state index contributed by atoms with van der Waals surface area (Å²) in [5.74, 6) is 1.83. The molecule has 8 heteroatoms. The van der Waals surface area contributed by atoms with Crippen LogP contribution in [0.4, 0.5) is 0 Å². The van der Waals surface area contributed by atoms with Crippen LogP contribution < -0.4 is 16.0 Å². The first-order valence-corrected chi connectivity index (χ1v) is 12.0. The van der Waals surface area contributed by atoms with Gasteiger partial charge in [-0.25, -0.2) is 0 Å². The minimum atomic E-state index is -0.167. The number of nitrogens with zero attached hydrogens (tertiary/aromatic N) is 2. The van der Waals surface area contributed by atoms with Crippen molar-refractivity contribution in [3.63, 3.8) is 0 Å². The molecule has 0 aromatic carbocycles. The predicted molar refractivity (Wildman–Crippen MR) is 127 cm³/mol. The number of likely N-dealkylation sites (tertiary alicyclic amines) is 1. The highest BCUT2D eigenvalue weighted by Crippen LogP contribution is 2.29. The number of guanidine groups is 1. The van der Waals surface area contributed by atoms with Crippen molar-refractivity contribution in [2.24, 2.45) is 10.9 Å². The molecular weight excluding hydrogens is 410 g/mol. The summed E-state index contributed by atoms with van der Waals surface area (Å²) in [6.45, 7) is 8.62. The second-order valence-electron chi connectivity index (χ2n) is 8.17. The first-order valence-electron chi connectivity index (χ1n) is 11.1. The van der Waals surface area contributed by atoms with E-state index in [0.717, 1.165) is 50.0 Å². The van der Waals surface area contributed by atoms with Gasteiger partial charge in [0.25, 0.3) is 5.91 Å². The van der Waals surface area contributed by atoms with Gasteiger partial charge in [0.1, 0.15) is 0 Å². The Morgan fingerprint density at radius 2 is 2.03 bits per heavy atom. The Hall–Kier alpha value is -2.32. The molecule has 0 radical (unpaired) electrons. The van der Waals surface area contributed by atoms with Gasteiger partial charge >= 0.3 is 0 Å². The van der Waals surface area contributed by atoms with Crippen LogP contribution in [0.1, 0.15) is 53.2 Å². The minimum Gasteiger partial charge on any atom is -0.459 e. The number of hydrogen-bond donors (Lipinski definition) is 3. The van der Waals surface area contributed by atoms with Crippen LogP contribution in [0.15, 0.2) is 39.3 Å². The third-order valence-electron chi connectivity index (χ3n) is 5.82. The summed E-state index contributed by atoms with van der Waals surface area (Å²) in [7, 11) is 1.79. The van der Waals surface area contributed by atoms with E-state index >= 15 is 0 Å². The average molecular weight is 446 g/mol. The molecule has 3 N–H and O–H groups in total. The molecule has 1 aliphatic rings. The predicted octanol–water partition coefficient (Wildman–Crippen LogP) is 3.41. The Morgan fingerprint density at radius 1 is 1.26 bits per heavy atom. The molecule has 3 heterocycles. The van der Waals surface area contributed by atoms with E-state index in [2.05, 4.69) is 50.3 Å². The van der Waals surface area contributed by atoms with Gasteiger partial charge in [-0.1, -0.05) is 13.0 Å². The highest BCUT2D eigenvalue weighted by molar-refractivity contribution is 7.10. The van der Waals surface area contributed by atoms with E-state index < -0.39 is 0 Å². The fraction of sp³-hybridized carbons (Fsp3) is 0.565. The van der Waals surface area contributed by atoms with E-state index in [0.29, 0.717) is 18.3 Å². The van der Waals surface area contributed by atoms with E-state index in [9.17, 15) is 4.79 Å². The quantitative estimate of drug-likeness (QED) is 0.313. The van der Waals surface area contributed by atoms with Crippen molar-refractivity contribution < 1.29 is 9.21 Å². The molecule has 1 amide bonds. The van der Waals surface area contributed by atoms with Crippen LogP contribution in [0.5, 0.6) is 0 Å². The maximum absolute atomic E-state index is 12.1. The average Bonchev–Trinajstić information content (AvgIpc) is 3.45. The molecule has 1 aliphatic heterocycles. The van der Waals surface area contributed by atoms with Crippen LogP contribution in [0, 0.1) is 12.8 Å². The molecule has 1 unspecified atom stereocenters. The number of nitrogens with one attached hydrogen (secondary N) is 3. The van der Waals surface area contributed by atoms with Crippen LogP contribution in [0.2, 0.25) is 0 Å². The van der Waals surface area contributed by atoms with E-state index in [-0.39, 0.29) is 5.91 Å². The van der Waals surface area contributed by atoms with Gasteiger partial charge in [-0.2, -0.15) is 0 Å². The number of aryl methyl sites for hydroxylation is 1. The van der Waals surface area contributed by atoms with Crippen molar-refractivity contribution >= 4 is 23.2 Å². The lowest BCUT2D eigenvalue weighted by Gasteiger charge is -2.36. The van der Waals surface area contributed by atoms with Crippen molar-refractivity contribution in [2.75, 3.05) is 39.8 Å². The van der Waals surface area contributed by atoms with Gasteiger partial charge < -0.3 is 20.4 Å². The molecule has 31 heavy (non-hydrogen) atoms. The molecule has 2 aromatic heterocycles. The smallest absolute Gasteiger partial charge is 0.287 e. The molecule has 0 spiro atoms. The number of rotatable bonds is 9. The van der Waals surface area contributed by atoms with Crippen LogP contribution in [0.3, 0.4) is 0 Å². The molecule has 1 atom stereocenters. The molecule has 0 bridgehead atoms. The van der Waals surface area contributed by atoms with Gasteiger partial charge in [0.05, 0.1) is 12.3 Å². The minimum absolute atomic E-state index is 0.167. The number of aliphatic imine (C=N–C) groups is 1. The third-order valence-corrected chi connectivity index (χ3v) is 6.79. The first-order chi connectivity index (χ1) is 15.1. The Bertz CT molecular complexity index is 825. The summed E-state index contributed by atoms with van der Waals surface area (Å²) in [6.07, 6.45) is 4.86. The normalized spacial score (nSPS) is 16.8. The summed E-state index contributed by atoms with van der Waals surface area (Å²) in [6, 6.07) is 6.52. The van der Waals surface area contributed by atoms with Crippen LogP contribution in [-0.2, 0) is 0 Å². The lowest BCUT2D eigenvalue weighted by atomic mass is 9.97. The van der Waals surface area contributed by atoms with Crippen molar-refractivity contribution in [1.29, 1.82) is 0 Å². The maximum Gasteiger partial charge on any atom is 0.287 e. The lowest BCUT2D eigenvalue weighted by molar-refractivity contribution is 0.0925. The topological polar surface area (TPSA) is 81.9 Å². The van der Waals surface area contributed by atoms with E-state index in [1.807, 2.05) is 18.3 Å². The Labute approximate surface area is 189 Å². The number of furan rings is 1. The molecule has 170 valence electrons. The van der Waals surface area contributed by atoms with E-state index in [4.69, 9.17) is 4.42 Å². The summed E-state index contributed by atoms with van der Waals surface area (Å²) in [5, 5.41) is 11.9. The SMILES string of the molecule is CN=C(NCCCNC(=O)c1occc1C)NCC(c1cccs1)N1CCC(C)CC1. The number of hydrogen-bond acceptors (Lipinski definition) is 5. The number of piperidine rings is 1. The molecule has 1 fully saturated rings. The zero-order valence-electron chi connectivity index (χ0n) is 18.8. The largest absolute Gasteiger partial charge is 0.459 e. The highest BCUT2D eigenvalue weighted by atomic mass is 32.1. The summed E-state index contributed by atoms with van der Waals surface area (Å²) in [5.41, 5.74) is 0.851. The zero-order chi connectivity index (χ0) is 22.1. The van der Waals surface area contributed by atoms with Crippen molar-refractivity contribution in [3.05, 3.63) is 46.0 Å². The molecule has 0 aliphatic carbocycles. The van der Waals surface area contributed by atoms with E-state index in [1.165, 1.54) is 24.0 Å². The van der Waals surface area contributed by atoms with Gasteiger partial charge in [-0.05, 0) is 62.7 Å². The zero-order valence-corrected chi connectivity index (χ0v) is 19.6. The van der Waals surface area contributed by atoms with Gasteiger partial charge in [-0.3, -0.25) is 14.7 Å². The highest BCUT2D eigenvalue weighted by Gasteiger charge is 2.25. The summed E-state index contributed by atoms with van der Waals surface area (Å²) < 4.78 is 5.22. The second-order valence-corrected chi connectivity index (χ2v) is 9.15. The number of carbonyl (C=O) groups is 1. The van der Waals surface area contributed by atoms with Gasteiger partial charge in [0.2, 0.25) is 0 Å². The Kier molecular flexibility index (Phi) is 8.97. The molecule has 7 nitrogen and oxygen atoms in total. The van der Waals surface area contributed by atoms with Gasteiger partial charge in [0.15, 0.2) is 11.7 Å². The third kappa shape index (κ3) is 6.83. The monoisotopic (exact) mass is 445 g/mol.